The molecule has 1 aliphatic rings. The van der Waals surface area contributed by atoms with Crippen molar-refractivity contribution in [2.24, 2.45) is 0 Å². The second kappa shape index (κ2) is 10.8. The number of piperidine rings is 1. The molecule has 0 aromatic heterocycles. The Hall–Kier alpha value is -1.27. The van der Waals surface area contributed by atoms with Gasteiger partial charge in [-0.25, -0.2) is 0 Å². The number of benzene rings is 1. The van der Waals surface area contributed by atoms with Crippen LogP contribution in [0.5, 0.6) is 5.75 Å². The van der Waals surface area contributed by atoms with Gasteiger partial charge in [0.2, 0.25) is 11.8 Å². The molecule has 0 aliphatic carbocycles. The van der Waals surface area contributed by atoms with Crippen molar-refractivity contribution < 1.29 is 14.3 Å². The SMILES string of the molecule is CCCC(=O)NC1CCN(C(=O)CCCOc2ccc(Br)cc2Cl)CC1. The summed E-state index contributed by atoms with van der Waals surface area (Å²) in [6, 6.07) is 5.66. The third-order valence-corrected chi connectivity index (χ3v) is 5.16. The normalized spacial score (nSPS) is 15.0. The van der Waals surface area contributed by atoms with Crippen LogP contribution in [0, 0.1) is 0 Å². The number of nitrogens with zero attached hydrogens (tertiary/aromatic N) is 1. The number of hydrogen-bond acceptors (Lipinski definition) is 3. The lowest BCUT2D eigenvalue weighted by atomic mass is 10.0. The number of carbonyl (C=O) groups is 2. The standard InChI is InChI=1S/C19H26BrClN2O3/c1-2-4-18(24)22-15-8-10-23(11-9-15)19(25)5-3-12-26-17-7-6-14(20)13-16(17)21/h6-7,13,15H,2-5,8-12H2,1H3,(H,22,24). The first-order valence-electron chi connectivity index (χ1n) is 9.14. The number of rotatable bonds is 8. The van der Waals surface area contributed by atoms with Gasteiger partial charge in [-0.1, -0.05) is 34.5 Å². The molecule has 1 N–H and O–H groups in total. The van der Waals surface area contributed by atoms with Crippen molar-refractivity contribution in [2.45, 2.75) is 51.5 Å². The Kier molecular flexibility index (Phi) is 8.72. The van der Waals surface area contributed by atoms with Crippen molar-refractivity contribution in [3.63, 3.8) is 0 Å². The Morgan fingerprint density at radius 2 is 2.04 bits per heavy atom. The van der Waals surface area contributed by atoms with E-state index in [1.165, 1.54) is 0 Å². The Bertz CT molecular complexity index is 619. The van der Waals surface area contributed by atoms with Gasteiger partial charge in [-0.15, -0.1) is 0 Å². The molecule has 0 saturated carbocycles. The van der Waals surface area contributed by atoms with Crippen LogP contribution >= 0.6 is 27.5 Å². The summed E-state index contributed by atoms with van der Waals surface area (Å²) in [5, 5.41) is 3.60. The number of amides is 2. The lowest BCUT2D eigenvalue weighted by Gasteiger charge is -2.32. The van der Waals surface area contributed by atoms with Crippen molar-refractivity contribution in [1.82, 2.24) is 10.2 Å². The molecule has 26 heavy (non-hydrogen) atoms. The fraction of sp³-hybridized carbons (Fsp3) is 0.579. The summed E-state index contributed by atoms with van der Waals surface area (Å²) < 4.78 is 6.54. The lowest BCUT2D eigenvalue weighted by Crippen LogP contribution is -2.46. The molecule has 1 aliphatic heterocycles. The summed E-state index contributed by atoms with van der Waals surface area (Å²) in [6.07, 6.45) is 4.19. The lowest BCUT2D eigenvalue weighted by molar-refractivity contribution is -0.132. The van der Waals surface area contributed by atoms with Gasteiger partial charge in [-0.3, -0.25) is 9.59 Å². The van der Waals surface area contributed by atoms with Gasteiger partial charge in [0.05, 0.1) is 11.6 Å². The van der Waals surface area contributed by atoms with Crippen molar-refractivity contribution in [2.75, 3.05) is 19.7 Å². The zero-order valence-electron chi connectivity index (χ0n) is 15.1. The number of nitrogens with one attached hydrogen (secondary N) is 1. The highest BCUT2D eigenvalue weighted by Gasteiger charge is 2.23. The Labute approximate surface area is 168 Å². The summed E-state index contributed by atoms with van der Waals surface area (Å²) >= 11 is 9.45. The monoisotopic (exact) mass is 444 g/mol. The highest BCUT2D eigenvalue weighted by Crippen LogP contribution is 2.27. The largest absolute Gasteiger partial charge is 0.492 e. The van der Waals surface area contributed by atoms with Crippen molar-refractivity contribution >= 4 is 39.3 Å². The average molecular weight is 446 g/mol. The molecule has 0 bridgehead atoms. The smallest absolute Gasteiger partial charge is 0.222 e. The summed E-state index contributed by atoms with van der Waals surface area (Å²) in [7, 11) is 0. The van der Waals surface area contributed by atoms with E-state index in [0.29, 0.717) is 49.7 Å². The van der Waals surface area contributed by atoms with E-state index in [1.807, 2.05) is 24.0 Å². The van der Waals surface area contributed by atoms with E-state index in [1.54, 1.807) is 6.07 Å². The minimum atomic E-state index is 0.112. The molecule has 5 nitrogen and oxygen atoms in total. The number of halogens is 2. The fourth-order valence-corrected chi connectivity index (χ4v) is 3.68. The molecule has 0 radical (unpaired) electrons. The van der Waals surface area contributed by atoms with Crippen LogP contribution < -0.4 is 10.1 Å². The Morgan fingerprint density at radius 3 is 2.69 bits per heavy atom. The third kappa shape index (κ3) is 6.80. The van der Waals surface area contributed by atoms with Crippen molar-refractivity contribution in [3.05, 3.63) is 27.7 Å². The maximum atomic E-state index is 12.3. The molecule has 2 rings (SSSR count). The van der Waals surface area contributed by atoms with Crippen LogP contribution in [0.2, 0.25) is 5.02 Å². The van der Waals surface area contributed by atoms with Gasteiger partial charge in [-0.05, 0) is 43.9 Å². The van der Waals surface area contributed by atoms with E-state index < -0.39 is 0 Å². The number of carbonyl (C=O) groups excluding carboxylic acids is 2. The van der Waals surface area contributed by atoms with Crippen LogP contribution in [-0.2, 0) is 9.59 Å². The number of ether oxygens (including phenoxy) is 1. The first-order chi connectivity index (χ1) is 12.5. The summed E-state index contributed by atoms with van der Waals surface area (Å²) in [6.45, 7) is 3.86. The third-order valence-electron chi connectivity index (χ3n) is 4.38. The van der Waals surface area contributed by atoms with Crippen molar-refractivity contribution in [1.29, 1.82) is 0 Å². The van der Waals surface area contributed by atoms with E-state index in [9.17, 15) is 9.59 Å². The second-order valence-corrected chi connectivity index (χ2v) is 7.82. The van der Waals surface area contributed by atoms with E-state index in [-0.39, 0.29) is 17.9 Å². The predicted octanol–water partition coefficient (Wildman–Crippen LogP) is 4.17. The van der Waals surface area contributed by atoms with Gasteiger partial charge in [-0.2, -0.15) is 0 Å². The molecule has 1 fully saturated rings. The highest BCUT2D eigenvalue weighted by molar-refractivity contribution is 9.10. The summed E-state index contributed by atoms with van der Waals surface area (Å²) in [5.74, 6) is 0.890. The molecular weight excluding hydrogens is 420 g/mol. The van der Waals surface area contributed by atoms with Crippen LogP contribution in [0.25, 0.3) is 0 Å². The molecular formula is C19H26BrClN2O3. The van der Waals surface area contributed by atoms with Gasteiger partial charge in [0.25, 0.3) is 0 Å². The summed E-state index contributed by atoms with van der Waals surface area (Å²) in [4.78, 5) is 25.8. The quantitative estimate of drug-likeness (QED) is 0.611. The highest BCUT2D eigenvalue weighted by atomic mass is 79.9. The molecule has 1 saturated heterocycles. The molecule has 7 heteroatoms. The average Bonchev–Trinajstić information content (AvgIpc) is 2.61. The molecule has 1 aromatic rings. The van der Waals surface area contributed by atoms with E-state index in [0.717, 1.165) is 23.7 Å². The van der Waals surface area contributed by atoms with Gasteiger partial charge < -0.3 is 15.0 Å². The van der Waals surface area contributed by atoms with Crippen LogP contribution in [-0.4, -0.2) is 42.5 Å². The summed E-state index contributed by atoms with van der Waals surface area (Å²) in [5.41, 5.74) is 0. The second-order valence-electron chi connectivity index (χ2n) is 6.50. The fourth-order valence-electron chi connectivity index (χ4n) is 2.96. The molecule has 0 spiro atoms. The topological polar surface area (TPSA) is 58.6 Å². The zero-order chi connectivity index (χ0) is 18.9. The van der Waals surface area contributed by atoms with Crippen LogP contribution in [0.15, 0.2) is 22.7 Å². The zero-order valence-corrected chi connectivity index (χ0v) is 17.4. The molecule has 0 atom stereocenters. The molecule has 0 unspecified atom stereocenters. The van der Waals surface area contributed by atoms with Crippen LogP contribution in [0.1, 0.15) is 45.4 Å². The van der Waals surface area contributed by atoms with E-state index in [2.05, 4.69) is 21.2 Å². The number of hydrogen-bond donors (Lipinski definition) is 1. The molecule has 1 heterocycles. The van der Waals surface area contributed by atoms with Gasteiger partial charge in [0, 0.05) is 36.4 Å². The minimum Gasteiger partial charge on any atom is -0.492 e. The maximum absolute atomic E-state index is 12.3. The van der Waals surface area contributed by atoms with Gasteiger partial charge in [0.1, 0.15) is 5.75 Å². The first kappa shape index (κ1) is 21.0. The Morgan fingerprint density at radius 1 is 1.31 bits per heavy atom. The van der Waals surface area contributed by atoms with Crippen LogP contribution in [0.4, 0.5) is 0 Å². The Balaban J connectivity index is 1.64. The van der Waals surface area contributed by atoms with Gasteiger partial charge >= 0.3 is 0 Å². The number of likely N-dealkylation sites (tertiary alicyclic amines) is 1. The van der Waals surface area contributed by atoms with E-state index in [4.69, 9.17) is 16.3 Å². The first-order valence-corrected chi connectivity index (χ1v) is 10.3. The minimum absolute atomic E-state index is 0.112. The molecule has 1 aromatic carbocycles. The van der Waals surface area contributed by atoms with Gasteiger partial charge in [0.15, 0.2) is 0 Å². The maximum Gasteiger partial charge on any atom is 0.222 e. The van der Waals surface area contributed by atoms with Crippen molar-refractivity contribution in [3.8, 4) is 5.75 Å². The predicted molar refractivity (Wildman–Crippen MR) is 107 cm³/mol. The molecule has 144 valence electrons. The van der Waals surface area contributed by atoms with Crippen LogP contribution in [0.3, 0.4) is 0 Å². The molecule has 2 amide bonds. The van der Waals surface area contributed by atoms with E-state index >= 15 is 0 Å².